The first-order valence-electron chi connectivity index (χ1n) is 9.22. The lowest BCUT2D eigenvalue weighted by molar-refractivity contribution is -0.140. The third-order valence-corrected chi connectivity index (χ3v) is 6.19. The molecule has 34 heavy (non-hydrogen) atoms. The van der Waals surface area contributed by atoms with E-state index in [0.717, 1.165) is 18.2 Å². The fourth-order valence-electron chi connectivity index (χ4n) is 3.29. The van der Waals surface area contributed by atoms with Crippen molar-refractivity contribution < 1.29 is 40.3 Å². The Morgan fingerprint density at radius 2 is 1.65 bits per heavy atom. The molecule has 184 valence electrons. The van der Waals surface area contributed by atoms with E-state index >= 15 is 0 Å². The zero-order chi connectivity index (χ0) is 25.6. The highest BCUT2D eigenvalue weighted by molar-refractivity contribution is 6.53. The standard InChI is InChI=1S/C20H12Cl3F7N2O2/c21-12-3-2-9(6-10(12)16(33)31-7-18(25,26)27)32-17(34)15-14(19(15,22)23)8-1-4-13(24)11(5-8)20(28,29)30/h1-6,14-15H,7H2,(H,31,33)(H,32,34)/t14-,15+/m0/s1. The Bertz CT molecular complexity index is 1140. The third-order valence-electron chi connectivity index (χ3n) is 4.92. The first-order valence-corrected chi connectivity index (χ1v) is 10.4. The van der Waals surface area contributed by atoms with Gasteiger partial charge in [-0.3, -0.25) is 9.59 Å². The molecule has 2 atom stereocenters. The van der Waals surface area contributed by atoms with Gasteiger partial charge in [0.1, 0.15) is 16.7 Å². The highest BCUT2D eigenvalue weighted by Gasteiger charge is 2.67. The van der Waals surface area contributed by atoms with Crippen LogP contribution in [0.3, 0.4) is 0 Å². The minimum Gasteiger partial charge on any atom is -0.343 e. The zero-order valence-electron chi connectivity index (χ0n) is 16.4. The molecule has 0 aromatic heterocycles. The van der Waals surface area contributed by atoms with Gasteiger partial charge in [0.05, 0.1) is 22.1 Å². The van der Waals surface area contributed by atoms with Gasteiger partial charge in [0, 0.05) is 11.6 Å². The van der Waals surface area contributed by atoms with E-state index in [2.05, 4.69) is 5.32 Å². The lowest BCUT2D eigenvalue weighted by Crippen LogP contribution is -2.33. The molecule has 0 unspecified atom stereocenters. The molecule has 0 bridgehead atoms. The predicted molar refractivity (Wildman–Crippen MR) is 111 cm³/mol. The highest BCUT2D eigenvalue weighted by Crippen LogP contribution is 2.65. The van der Waals surface area contributed by atoms with Crippen LogP contribution in [0.25, 0.3) is 0 Å². The summed E-state index contributed by atoms with van der Waals surface area (Å²) in [7, 11) is 0. The number of benzene rings is 2. The summed E-state index contributed by atoms with van der Waals surface area (Å²) in [5, 5.41) is 3.78. The SMILES string of the molecule is O=C(NCC(F)(F)F)c1cc(NC(=O)[C@H]2[C@H](c3ccc(F)c(C(F)(F)F)c3)C2(Cl)Cl)ccc1Cl. The number of nitrogens with one attached hydrogen (secondary N) is 2. The maximum absolute atomic E-state index is 13.6. The van der Waals surface area contributed by atoms with Crippen LogP contribution in [0.5, 0.6) is 0 Å². The number of halogens is 10. The molecule has 0 aliphatic heterocycles. The Kier molecular flexibility index (Phi) is 7.05. The quantitative estimate of drug-likeness (QED) is 0.338. The highest BCUT2D eigenvalue weighted by atomic mass is 35.5. The number of anilines is 1. The van der Waals surface area contributed by atoms with Crippen LogP contribution in [0.4, 0.5) is 36.4 Å². The van der Waals surface area contributed by atoms with E-state index in [0.29, 0.717) is 12.1 Å². The van der Waals surface area contributed by atoms with Crippen molar-refractivity contribution in [1.82, 2.24) is 5.32 Å². The van der Waals surface area contributed by atoms with Gasteiger partial charge < -0.3 is 10.6 Å². The second-order valence-electron chi connectivity index (χ2n) is 7.35. The van der Waals surface area contributed by atoms with Crippen molar-refractivity contribution in [3.63, 3.8) is 0 Å². The van der Waals surface area contributed by atoms with E-state index < -0.39 is 58.3 Å². The maximum atomic E-state index is 13.6. The molecule has 1 fully saturated rings. The number of alkyl halides is 8. The van der Waals surface area contributed by atoms with Gasteiger partial charge in [-0.1, -0.05) is 17.7 Å². The molecule has 1 saturated carbocycles. The van der Waals surface area contributed by atoms with E-state index in [1.54, 1.807) is 5.32 Å². The molecule has 0 saturated heterocycles. The Hall–Kier alpha value is -2.24. The molecule has 0 radical (unpaired) electrons. The van der Waals surface area contributed by atoms with Crippen LogP contribution in [0.15, 0.2) is 36.4 Å². The summed E-state index contributed by atoms with van der Waals surface area (Å²) in [6.07, 6.45) is -9.65. The molecule has 4 nitrogen and oxygen atoms in total. The fraction of sp³-hybridized carbons (Fsp3) is 0.300. The van der Waals surface area contributed by atoms with Crippen LogP contribution < -0.4 is 10.6 Å². The van der Waals surface area contributed by atoms with Crippen LogP contribution in [-0.4, -0.2) is 28.9 Å². The van der Waals surface area contributed by atoms with E-state index in [1.807, 2.05) is 0 Å². The van der Waals surface area contributed by atoms with E-state index in [9.17, 15) is 40.3 Å². The van der Waals surface area contributed by atoms with Crippen LogP contribution >= 0.6 is 34.8 Å². The third kappa shape index (κ3) is 5.69. The van der Waals surface area contributed by atoms with Gasteiger partial charge in [-0.15, -0.1) is 23.2 Å². The number of hydrogen-bond acceptors (Lipinski definition) is 2. The van der Waals surface area contributed by atoms with Crippen molar-refractivity contribution in [3.05, 3.63) is 63.9 Å². The molecule has 1 aliphatic rings. The van der Waals surface area contributed by atoms with Gasteiger partial charge >= 0.3 is 12.4 Å². The molecule has 0 spiro atoms. The van der Waals surface area contributed by atoms with Gasteiger partial charge in [0.25, 0.3) is 5.91 Å². The van der Waals surface area contributed by atoms with Crippen molar-refractivity contribution in [2.75, 3.05) is 11.9 Å². The molecular formula is C20H12Cl3F7N2O2. The van der Waals surface area contributed by atoms with Gasteiger partial charge in [-0.25, -0.2) is 4.39 Å². The van der Waals surface area contributed by atoms with Gasteiger partial charge in [0.2, 0.25) is 5.91 Å². The predicted octanol–water partition coefficient (Wildman–Crippen LogP) is 6.32. The Balaban J connectivity index is 1.78. The summed E-state index contributed by atoms with van der Waals surface area (Å²) in [6.45, 7) is -1.61. The van der Waals surface area contributed by atoms with Crippen molar-refractivity contribution in [2.45, 2.75) is 22.6 Å². The Morgan fingerprint density at radius 1 is 1.00 bits per heavy atom. The van der Waals surface area contributed by atoms with Gasteiger partial charge in [0.15, 0.2) is 0 Å². The van der Waals surface area contributed by atoms with Crippen LogP contribution in [0.1, 0.15) is 27.4 Å². The van der Waals surface area contributed by atoms with Crippen LogP contribution in [-0.2, 0) is 11.0 Å². The normalized spacial score (nSPS) is 19.5. The molecule has 2 aromatic rings. The zero-order valence-corrected chi connectivity index (χ0v) is 18.7. The monoisotopic (exact) mass is 550 g/mol. The Morgan fingerprint density at radius 3 is 2.24 bits per heavy atom. The lowest BCUT2D eigenvalue weighted by Gasteiger charge is -2.11. The molecule has 1 aliphatic carbocycles. The molecule has 3 rings (SSSR count). The summed E-state index contributed by atoms with van der Waals surface area (Å²) in [5.41, 5.74) is -2.10. The average Bonchev–Trinajstić information content (AvgIpc) is 3.28. The van der Waals surface area contributed by atoms with E-state index in [1.165, 1.54) is 6.07 Å². The smallest absolute Gasteiger partial charge is 0.343 e. The topological polar surface area (TPSA) is 58.2 Å². The number of hydrogen-bond donors (Lipinski definition) is 2. The summed E-state index contributed by atoms with van der Waals surface area (Å²) < 4.78 is 87.8. The number of amides is 2. The lowest BCUT2D eigenvalue weighted by atomic mass is 10.0. The average molecular weight is 552 g/mol. The molecule has 14 heteroatoms. The summed E-state index contributed by atoms with van der Waals surface area (Å²) >= 11 is 18.1. The first kappa shape index (κ1) is 26.4. The fourth-order valence-corrected chi connectivity index (χ4v) is 4.33. The van der Waals surface area contributed by atoms with E-state index in [-0.39, 0.29) is 21.8 Å². The van der Waals surface area contributed by atoms with Crippen molar-refractivity contribution >= 4 is 52.3 Å². The molecule has 2 N–H and O–H groups in total. The Labute approximate surface area is 202 Å². The van der Waals surface area contributed by atoms with Crippen molar-refractivity contribution in [3.8, 4) is 0 Å². The van der Waals surface area contributed by atoms with Crippen LogP contribution in [0, 0.1) is 11.7 Å². The number of carbonyl (C=O) groups excluding carboxylic acids is 2. The molecule has 2 amide bonds. The van der Waals surface area contributed by atoms with Crippen LogP contribution in [0.2, 0.25) is 5.02 Å². The maximum Gasteiger partial charge on any atom is 0.419 e. The summed E-state index contributed by atoms with van der Waals surface area (Å²) in [6, 6.07) is 5.51. The number of carbonyl (C=O) groups is 2. The van der Waals surface area contributed by atoms with Gasteiger partial charge in [-0.05, 0) is 35.9 Å². The summed E-state index contributed by atoms with van der Waals surface area (Å²) in [4.78, 5) is 24.7. The van der Waals surface area contributed by atoms with E-state index in [4.69, 9.17) is 34.8 Å². The minimum atomic E-state index is -4.99. The first-order chi connectivity index (χ1) is 15.5. The largest absolute Gasteiger partial charge is 0.419 e. The number of rotatable bonds is 5. The second-order valence-corrected chi connectivity index (χ2v) is 9.20. The van der Waals surface area contributed by atoms with Crippen molar-refractivity contribution in [1.29, 1.82) is 0 Å². The van der Waals surface area contributed by atoms with Crippen molar-refractivity contribution in [2.24, 2.45) is 5.92 Å². The second kappa shape index (κ2) is 9.09. The minimum absolute atomic E-state index is 0.0589. The molecule has 0 heterocycles. The summed E-state index contributed by atoms with van der Waals surface area (Å²) in [5.74, 6) is -5.88. The van der Waals surface area contributed by atoms with Gasteiger partial charge in [-0.2, -0.15) is 26.3 Å². The molecular weight excluding hydrogens is 540 g/mol. The molecule has 2 aromatic carbocycles.